The Morgan fingerprint density at radius 2 is 2.62 bits per heavy atom. The standard InChI is InChI=1S/C4H6N2S2/c1-3-6-4(8-5)2-7-3/h2H,5H2,1H3. The predicted molar refractivity (Wildman–Crippen MR) is 36.9 cm³/mol. The first-order valence-electron chi connectivity index (χ1n) is 2.12. The zero-order valence-electron chi connectivity index (χ0n) is 4.42. The highest BCUT2D eigenvalue weighted by Crippen LogP contribution is 2.14. The van der Waals surface area contributed by atoms with Gasteiger partial charge in [-0.05, 0) is 18.9 Å². The van der Waals surface area contributed by atoms with Gasteiger partial charge in [0.25, 0.3) is 0 Å². The van der Waals surface area contributed by atoms with E-state index in [0.717, 1.165) is 10.0 Å². The number of nitrogens with two attached hydrogens (primary N) is 1. The van der Waals surface area contributed by atoms with Gasteiger partial charge in [-0.1, -0.05) is 0 Å². The van der Waals surface area contributed by atoms with Gasteiger partial charge in [-0.3, -0.25) is 5.14 Å². The van der Waals surface area contributed by atoms with Crippen LogP contribution in [-0.2, 0) is 0 Å². The number of aryl methyl sites for hydroxylation is 1. The van der Waals surface area contributed by atoms with Gasteiger partial charge in [-0.15, -0.1) is 11.3 Å². The highest BCUT2D eigenvalue weighted by Gasteiger charge is 1.92. The number of hydrogen-bond donors (Lipinski definition) is 1. The maximum atomic E-state index is 5.22. The lowest BCUT2D eigenvalue weighted by Gasteiger charge is -1.79. The maximum Gasteiger partial charge on any atom is 0.122 e. The van der Waals surface area contributed by atoms with Gasteiger partial charge >= 0.3 is 0 Å². The molecule has 0 aromatic carbocycles. The summed E-state index contributed by atoms with van der Waals surface area (Å²) in [6, 6.07) is 0. The van der Waals surface area contributed by atoms with Crippen LogP contribution in [0.3, 0.4) is 0 Å². The summed E-state index contributed by atoms with van der Waals surface area (Å²) in [7, 11) is 0. The SMILES string of the molecule is Cc1nc(SN)cs1. The molecule has 1 rings (SSSR count). The fourth-order valence-corrected chi connectivity index (χ4v) is 1.49. The maximum absolute atomic E-state index is 5.22. The molecular formula is C4H6N2S2. The first-order chi connectivity index (χ1) is 3.83. The van der Waals surface area contributed by atoms with E-state index in [-0.39, 0.29) is 0 Å². The van der Waals surface area contributed by atoms with Crippen LogP contribution in [0.4, 0.5) is 0 Å². The molecule has 1 heterocycles. The molecule has 0 spiro atoms. The molecule has 0 saturated heterocycles. The molecule has 1 aromatic rings. The van der Waals surface area contributed by atoms with Gasteiger partial charge in [0.1, 0.15) is 5.03 Å². The van der Waals surface area contributed by atoms with Gasteiger partial charge < -0.3 is 0 Å². The smallest absolute Gasteiger partial charge is 0.122 e. The highest BCUT2D eigenvalue weighted by atomic mass is 32.2. The summed E-state index contributed by atoms with van der Waals surface area (Å²) < 4.78 is 0. The van der Waals surface area contributed by atoms with E-state index in [2.05, 4.69) is 4.98 Å². The third kappa shape index (κ3) is 1.21. The third-order valence-corrected chi connectivity index (χ3v) is 2.09. The molecular weight excluding hydrogens is 140 g/mol. The fourth-order valence-electron chi connectivity index (χ4n) is 0.398. The molecule has 0 atom stereocenters. The van der Waals surface area contributed by atoms with Crippen LogP contribution >= 0.6 is 23.3 Å². The van der Waals surface area contributed by atoms with Crippen molar-refractivity contribution in [3.63, 3.8) is 0 Å². The Hall–Kier alpha value is -0.0600. The van der Waals surface area contributed by atoms with Crippen molar-refractivity contribution >= 4 is 23.3 Å². The van der Waals surface area contributed by atoms with Gasteiger partial charge in [0, 0.05) is 5.38 Å². The van der Waals surface area contributed by atoms with E-state index in [1.807, 2.05) is 12.3 Å². The summed E-state index contributed by atoms with van der Waals surface area (Å²) in [5.74, 6) is 0. The number of aromatic nitrogens is 1. The Kier molecular flexibility index (Phi) is 1.88. The van der Waals surface area contributed by atoms with Crippen molar-refractivity contribution in [2.75, 3.05) is 0 Å². The number of nitrogens with zero attached hydrogens (tertiary/aromatic N) is 1. The van der Waals surface area contributed by atoms with Gasteiger partial charge in [-0.25, -0.2) is 4.98 Å². The molecule has 0 aliphatic heterocycles. The van der Waals surface area contributed by atoms with Crippen LogP contribution in [0.1, 0.15) is 5.01 Å². The minimum atomic E-state index is 0.910. The molecule has 44 valence electrons. The molecule has 1 aromatic heterocycles. The lowest BCUT2D eigenvalue weighted by atomic mass is 10.8. The summed E-state index contributed by atoms with van der Waals surface area (Å²) >= 11 is 2.81. The molecule has 8 heavy (non-hydrogen) atoms. The Morgan fingerprint density at radius 3 is 2.88 bits per heavy atom. The predicted octanol–water partition coefficient (Wildman–Crippen LogP) is 1.42. The molecule has 0 aliphatic rings. The zero-order valence-corrected chi connectivity index (χ0v) is 6.05. The van der Waals surface area contributed by atoms with Crippen molar-refractivity contribution in [2.24, 2.45) is 5.14 Å². The normalized spacial score (nSPS) is 9.75. The van der Waals surface area contributed by atoms with E-state index < -0.39 is 0 Å². The quantitative estimate of drug-likeness (QED) is 0.609. The average molecular weight is 146 g/mol. The number of thiazole rings is 1. The molecule has 0 amide bonds. The van der Waals surface area contributed by atoms with E-state index in [1.54, 1.807) is 11.3 Å². The summed E-state index contributed by atoms with van der Waals surface area (Å²) in [5, 5.41) is 9.15. The molecule has 4 heteroatoms. The van der Waals surface area contributed by atoms with Crippen molar-refractivity contribution in [3.05, 3.63) is 10.4 Å². The Bertz CT molecular complexity index is 172. The second-order valence-corrected chi connectivity index (χ2v) is 3.04. The summed E-state index contributed by atoms with van der Waals surface area (Å²) in [4.78, 5) is 4.09. The van der Waals surface area contributed by atoms with Crippen LogP contribution in [0.2, 0.25) is 0 Å². The molecule has 0 saturated carbocycles. The van der Waals surface area contributed by atoms with Crippen LogP contribution in [0.25, 0.3) is 0 Å². The Balaban J connectivity index is 2.84. The van der Waals surface area contributed by atoms with Gasteiger partial charge in [0.15, 0.2) is 0 Å². The molecule has 2 N–H and O–H groups in total. The lowest BCUT2D eigenvalue weighted by Crippen LogP contribution is -1.77. The molecule has 0 bridgehead atoms. The van der Waals surface area contributed by atoms with Crippen LogP contribution in [0, 0.1) is 6.92 Å². The van der Waals surface area contributed by atoms with E-state index in [9.17, 15) is 0 Å². The lowest BCUT2D eigenvalue weighted by molar-refractivity contribution is 1.14. The van der Waals surface area contributed by atoms with Crippen LogP contribution < -0.4 is 5.14 Å². The van der Waals surface area contributed by atoms with Crippen molar-refractivity contribution < 1.29 is 0 Å². The summed E-state index contributed by atoms with van der Waals surface area (Å²) in [6.07, 6.45) is 0. The topological polar surface area (TPSA) is 38.9 Å². The average Bonchev–Trinajstić information content (AvgIpc) is 2.14. The molecule has 0 radical (unpaired) electrons. The minimum absolute atomic E-state index is 0.910. The second kappa shape index (κ2) is 2.48. The number of hydrogen-bond acceptors (Lipinski definition) is 4. The van der Waals surface area contributed by atoms with Gasteiger partial charge in [0.05, 0.1) is 5.01 Å². The van der Waals surface area contributed by atoms with Crippen LogP contribution in [0.5, 0.6) is 0 Å². The molecule has 0 fully saturated rings. The van der Waals surface area contributed by atoms with Crippen molar-refractivity contribution in [2.45, 2.75) is 11.9 Å². The Labute approximate surface area is 56.3 Å². The Morgan fingerprint density at radius 1 is 1.88 bits per heavy atom. The van der Waals surface area contributed by atoms with E-state index in [0.29, 0.717) is 0 Å². The van der Waals surface area contributed by atoms with Crippen molar-refractivity contribution in [1.29, 1.82) is 0 Å². The first-order valence-corrected chi connectivity index (χ1v) is 3.87. The zero-order chi connectivity index (χ0) is 5.98. The van der Waals surface area contributed by atoms with Crippen molar-refractivity contribution in [1.82, 2.24) is 4.98 Å². The van der Waals surface area contributed by atoms with Gasteiger partial charge in [0.2, 0.25) is 0 Å². The van der Waals surface area contributed by atoms with E-state index >= 15 is 0 Å². The molecule has 2 nitrogen and oxygen atoms in total. The van der Waals surface area contributed by atoms with Gasteiger partial charge in [-0.2, -0.15) is 0 Å². The monoisotopic (exact) mass is 146 g/mol. The van der Waals surface area contributed by atoms with Crippen LogP contribution in [-0.4, -0.2) is 4.98 Å². The van der Waals surface area contributed by atoms with Crippen molar-refractivity contribution in [3.8, 4) is 0 Å². The molecule has 0 aliphatic carbocycles. The highest BCUT2D eigenvalue weighted by molar-refractivity contribution is 7.97. The summed E-state index contributed by atoms with van der Waals surface area (Å²) in [6.45, 7) is 1.96. The number of rotatable bonds is 1. The molecule has 0 unspecified atom stereocenters. The van der Waals surface area contributed by atoms with E-state index in [4.69, 9.17) is 5.14 Å². The largest absolute Gasteiger partial charge is 0.272 e. The van der Waals surface area contributed by atoms with E-state index in [1.165, 1.54) is 11.9 Å². The second-order valence-electron chi connectivity index (χ2n) is 1.32. The minimum Gasteiger partial charge on any atom is -0.272 e. The summed E-state index contributed by atoms with van der Waals surface area (Å²) in [5.41, 5.74) is 0. The van der Waals surface area contributed by atoms with Crippen LogP contribution in [0.15, 0.2) is 10.4 Å². The first kappa shape index (κ1) is 6.07. The third-order valence-electron chi connectivity index (χ3n) is 0.719. The fraction of sp³-hybridized carbons (Fsp3) is 0.250.